The van der Waals surface area contributed by atoms with Gasteiger partial charge in [0.25, 0.3) is 0 Å². The average molecular weight is 356 g/mol. The fraction of sp³-hybridized carbons (Fsp3) is 0.500. The summed E-state index contributed by atoms with van der Waals surface area (Å²) in [6.45, 7) is 6.40. The number of ether oxygens (including phenoxy) is 1. The van der Waals surface area contributed by atoms with E-state index in [-0.39, 0.29) is 24.4 Å². The molecule has 23 heavy (non-hydrogen) atoms. The maximum Gasteiger partial charge on any atom is 0.226 e. The van der Waals surface area contributed by atoms with Crippen LogP contribution in [0.15, 0.2) is 18.2 Å². The number of benzene rings is 1. The van der Waals surface area contributed by atoms with Gasteiger partial charge in [-0.15, -0.1) is 23.7 Å². The number of morpholine rings is 1. The van der Waals surface area contributed by atoms with E-state index in [0.29, 0.717) is 18.9 Å². The Morgan fingerprint density at radius 3 is 3.04 bits per heavy atom. The number of carbonyl (C=O) groups is 1. The Kier molecular flexibility index (Phi) is 6.35. The molecule has 2 heterocycles. The van der Waals surface area contributed by atoms with E-state index >= 15 is 0 Å². The van der Waals surface area contributed by atoms with Crippen molar-refractivity contribution in [2.45, 2.75) is 32.2 Å². The monoisotopic (exact) mass is 355 g/mol. The molecule has 7 heteroatoms. The minimum Gasteiger partial charge on any atom is -0.378 e. The molecule has 0 saturated carbocycles. The molecule has 0 spiro atoms. The van der Waals surface area contributed by atoms with E-state index in [1.807, 2.05) is 18.2 Å². The molecule has 1 atom stereocenters. The predicted octanol–water partition coefficient (Wildman–Crippen LogP) is 3.16. The molecule has 1 amide bonds. The fourth-order valence-corrected chi connectivity index (χ4v) is 3.46. The fourth-order valence-electron chi connectivity index (χ4n) is 2.45. The van der Waals surface area contributed by atoms with Crippen molar-refractivity contribution in [3.8, 4) is 0 Å². The van der Waals surface area contributed by atoms with Gasteiger partial charge in [-0.1, -0.05) is 13.8 Å². The summed E-state index contributed by atoms with van der Waals surface area (Å²) in [6, 6.07) is 5.99. The van der Waals surface area contributed by atoms with Crippen LogP contribution in [-0.2, 0) is 9.53 Å². The van der Waals surface area contributed by atoms with E-state index in [1.165, 1.54) is 0 Å². The molecule has 1 aliphatic rings. The van der Waals surface area contributed by atoms with Crippen molar-refractivity contribution < 1.29 is 9.53 Å². The lowest BCUT2D eigenvalue weighted by Gasteiger charge is -2.23. The number of aromatic nitrogens is 1. The molecule has 1 unspecified atom stereocenters. The number of thiazole rings is 1. The van der Waals surface area contributed by atoms with Crippen LogP contribution in [0, 0.1) is 0 Å². The van der Waals surface area contributed by atoms with Gasteiger partial charge in [-0.25, -0.2) is 4.98 Å². The van der Waals surface area contributed by atoms with Crippen molar-refractivity contribution in [2.75, 3.05) is 25.1 Å². The molecule has 0 radical (unpaired) electrons. The van der Waals surface area contributed by atoms with Gasteiger partial charge in [0, 0.05) is 30.6 Å². The van der Waals surface area contributed by atoms with Crippen molar-refractivity contribution >= 4 is 45.6 Å². The topological polar surface area (TPSA) is 63.2 Å². The van der Waals surface area contributed by atoms with E-state index < -0.39 is 0 Å². The van der Waals surface area contributed by atoms with Crippen molar-refractivity contribution in [1.29, 1.82) is 0 Å². The molecule has 3 rings (SSSR count). The lowest BCUT2D eigenvalue weighted by molar-refractivity contribution is -0.117. The molecule has 2 aromatic rings. The third-order valence-electron chi connectivity index (χ3n) is 3.61. The van der Waals surface area contributed by atoms with Crippen LogP contribution in [0.4, 0.5) is 5.69 Å². The highest BCUT2D eigenvalue weighted by Gasteiger charge is 2.17. The third-order valence-corrected chi connectivity index (χ3v) is 4.93. The van der Waals surface area contributed by atoms with Crippen molar-refractivity contribution in [1.82, 2.24) is 10.3 Å². The lowest BCUT2D eigenvalue weighted by atomic mass is 10.2. The number of rotatable bonds is 4. The van der Waals surface area contributed by atoms with Crippen LogP contribution in [0.5, 0.6) is 0 Å². The Balaban J connectivity index is 0.00000192. The summed E-state index contributed by atoms with van der Waals surface area (Å²) in [4.78, 5) is 16.7. The molecule has 126 valence electrons. The van der Waals surface area contributed by atoms with Crippen LogP contribution >= 0.6 is 23.7 Å². The number of nitrogens with zero attached hydrogens (tertiary/aromatic N) is 1. The maximum absolute atomic E-state index is 12.1. The van der Waals surface area contributed by atoms with E-state index in [9.17, 15) is 4.79 Å². The number of halogens is 1. The Morgan fingerprint density at radius 1 is 1.52 bits per heavy atom. The van der Waals surface area contributed by atoms with Crippen molar-refractivity contribution in [3.63, 3.8) is 0 Å². The second-order valence-corrected chi connectivity index (χ2v) is 6.93. The summed E-state index contributed by atoms with van der Waals surface area (Å²) in [7, 11) is 0. The molecular formula is C16H22ClN3O2S. The highest BCUT2D eigenvalue weighted by molar-refractivity contribution is 7.18. The van der Waals surface area contributed by atoms with Gasteiger partial charge in [0.05, 0.1) is 28.4 Å². The number of hydrogen-bond donors (Lipinski definition) is 2. The minimum atomic E-state index is 0. The van der Waals surface area contributed by atoms with Gasteiger partial charge < -0.3 is 15.4 Å². The number of hydrogen-bond acceptors (Lipinski definition) is 5. The number of anilines is 1. The Hall–Kier alpha value is -1.21. The van der Waals surface area contributed by atoms with E-state index in [0.717, 1.165) is 34.1 Å². The average Bonchev–Trinajstić information content (AvgIpc) is 2.91. The Bertz CT molecular complexity index is 668. The first kappa shape index (κ1) is 18.1. The first-order valence-electron chi connectivity index (χ1n) is 7.63. The Morgan fingerprint density at radius 2 is 2.35 bits per heavy atom. The number of carbonyl (C=O) groups excluding carboxylic acids is 1. The van der Waals surface area contributed by atoms with Gasteiger partial charge in [-0.05, 0) is 18.2 Å². The molecular weight excluding hydrogens is 334 g/mol. The van der Waals surface area contributed by atoms with Crippen molar-refractivity contribution in [3.05, 3.63) is 23.2 Å². The number of nitrogens with one attached hydrogen (secondary N) is 2. The van der Waals surface area contributed by atoms with Gasteiger partial charge in [0.15, 0.2) is 0 Å². The van der Waals surface area contributed by atoms with E-state index in [2.05, 4.69) is 29.5 Å². The third kappa shape index (κ3) is 4.64. The molecule has 1 aromatic heterocycles. The van der Waals surface area contributed by atoms with Crippen LogP contribution in [0.3, 0.4) is 0 Å². The number of fused-ring (bicyclic) bond motifs is 1. The van der Waals surface area contributed by atoms with Gasteiger partial charge in [-0.2, -0.15) is 0 Å². The van der Waals surface area contributed by atoms with Crippen LogP contribution in [0.1, 0.15) is 31.2 Å². The zero-order chi connectivity index (χ0) is 15.5. The molecule has 2 N–H and O–H groups in total. The number of amides is 1. The molecule has 1 fully saturated rings. The van der Waals surface area contributed by atoms with E-state index in [4.69, 9.17) is 4.74 Å². The molecule has 1 aromatic carbocycles. The summed E-state index contributed by atoms with van der Waals surface area (Å²) in [5, 5.41) is 7.38. The quantitative estimate of drug-likeness (QED) is 0.884. The molecule has 5 nitrogen and oxygen atoms in total. The molecule has 1 aliphatic heterocycles. The van der Waals surface area contributed by atoms with Crippen LogP contribution in [0.2, 0.25) is 0 Å². The maximum atomic E-state index is 12.1. The Labute approximate surface area is 146 Å². The van der Waals surface area contributed by atoms with Crippen LogP contribution < -0.4 is 10.6 Å². The van der Waals surface area contributed by atoms with Gasteiger partial charge in [-0.3, -0.25) is 4.79 Å². The SMILES string of the molecule is CC(C)c1nc2ccc(NC(=O)CC3COCCN3)cc2s1.Cl. The first-order valence-corrected chi connectivity index (χ1v) is 8.45. The summed E-state index contributed by atoms with van der Waals surface area (Å²) in [6.07, 6.45) is 0.429. The first-order chi connectivity index (χ1) is 10.6. The van der Waals surface area contributed by atoms with Crippen LogP contribution in [0.25, 0.3) is 10.2 Å². The van der Waals surface area contributed by atoms with Gasteiger partial charge in [0.2, 0.25) is 5.91 Å². The summed E-state index contributed by atoms with van der Waals surface area (Å²) >= 11 is 1.69. The van der Waals surface area contributed by atoms with Gasteiger partial charge in [0.1, 0.15) is 0 Å². The minimum absolute atomic E-state index is 0. The second-order valence-electron chi connectivity index (χ2n) is 5.87. The van der Waals surface area contributed by atoms with Gasteiger partial charge >= 0.3 is 0 Å². The summed E-state index contributed by atoms with van der Waals surface area (Å²) < 4.78 is 6.48. The highest BCUT2D eigenvalue weighted by atomic mass is 35.5. The molecule has 0 aliphatic carbocycles. The second kappa shape index (κ2) is 8.06. The molecule has 1 saturated heterocycles. The van der Waals surface area contributed by atoms with E-state index in [1.54, 1.807) is 11.3 Å². The summed E-state index contributed by atoms with van der Waals surface area (Å²) in [5.41, 5.74) is 1.82. The molecule has 0 bridgehead atoms. The zero-order valence-electron chi connectivity index (χ0n) is 13.3. The largest absolute Gasteiger partial charge is 0.378 e. The zero-order valence-corrected chi connectivity index (χ0v) is 14.9. The van der Waals surface area contributed by atoms with Crippen molar-refractivity contribution in [2.24, 2.45) is 0 Å². The summed E-state index contributed by atoms with van der Waals surface area (Å²) in [5.74, 6) is 0.434. The smallest absolute Gasteiger partial charge is 0.226 e. The predicted molar refractivity (Wildman–Crippen MR) is 96.8 cm³/mol. The highest BCUT2D eigenvalue weighted by Crippen LogP contribution is 2.29. The normalized spacial score (nSPS) is 18.0. The van der Waals surface area contributed by atoms with Crippen LogP contribution in [-0.4, -0.2) is 36.7 Å². The standard InChI is InChI=1S/C16H21N3O2S.ClH/c1-10(2)16-19-13-4-3-11(7-14(13)22-16)18-15(20)8-12-9-21-6-5-17-12;/h3-4,7,10,12,17H,5-6,8-9H2,1-2H3,(H,18,20);1H. The lowest BCUT2D eigenvalue weighted by Crippen LogP contribution is -2.43.